The predicted octanol–water partition coefficient (Wildman–Crippen LogP) is 2.88. The molecule has 1 heterocycles. The lowest BCUT2D eigenvalue weighted by atomic mass is 9.68. The number of likely N-dealkylation sites (tertiary alicyclic amines) is 1. The molecule has 1 saturated carbocycles. The van der Waals surface area contributed by atoms with E-state index in [1.165, 1.54) is 25.7 Å². The Morgan fingerprint density at radius 1 is 1.22 bits per heavy atom. The molecule has 1 aromatic rings. The van der Waals surface area contributed by atoms with Crippen LogP contribution in [-0.4, -0.2) is 56.6 Å². The Hall–Kier alpha value is -1.51. The third kappa shape index (κ3) is 5.49. The average Bonchev–Trinajstić information content (AvgIpc) is 3.10. The number of benzene rings is 1. The molecule has 1 aliphatic carbocycles. The molecule has 2 aliphatic rings. The minimum Gasteiger partial charge on any atom is -0.497 e. The van der Waals surface area contributed by atoms with E-state index >= 15 is 0 Å². The number of hydrogen-bond donors (Lipinski definition) is 2. The highest BCUT2D eigenvalue weighted by Gasteiger charge is 2.43. The highest BCUT2D eigenvalue weighted by Crippen LogP contribution is 2.47. The van der Waals surface area contributed by atoms with Crippen LogP contribution >= 0.6 is 24.0 Å². The molecule has 6 nitrogen and oxygen atoms in total. The minimum atomic E-state index is -0.0811. The fourth-order valence-corrected chi connectivity index (χ4v) is 3.80. The van der Waals surface area contributed by atoms with Crippen LogP contribution in [0.4, 0.5) is 0 Å². The summed E-state index contributed by atoms with van der Waals surface area (Å²) in [7, 11) is 1.61. The zero-order chi connectivity index (χ0) is 18.4. The first kappa shape index (κ1) is 21.8. The van der Waals surface area contributed by atoms with Crippen LogP contribution in [0.25, 0.3) is 0 Å². The molecule has 1 aromatic carbocycles. The second-order valence-electron chi connectivity index (χ2n) is 7.25. The summed E-state index contributed by atoms with van der Waals surface area (Å²) in [6.07, 6.45) is 5.38. The Morgan fingerprint density at radius 2 is 1.96 bits per heavy atom. The number of halogens is 1. The van der Waals surface area contributed by atoms with Crippen LogP contribution < -0.4 is 15.4 Å². The van der Waals surface area contributed by atoms with E-state index < -0.39 is 0 Å². The number of nitrogens with one attached hydrogen (secondary N) is 2. The monoisotopic (exact) mass is 486 g/mol. The van der Waals surface area contributed by atoms with Crippen molar-refractivity contribution in [2.24, 2.45) is 10.4 Å². The van der Waals surface area contributed by atoms with Gasteiger partial charge in [0.25, 0.3) is 5.91 Å². The summed E-state index contributed by atoms with van der Waals surface area (Å²) in [6, 6.07) is 7.12. The summed E-state index contributed by atoms with van der Waals surface area (Å²) < 4.78 is 5.11. The van der Waals surface area contributed by atoms with Gasteiger partial charge in [-0.3, -0.25) is 9.79 Å². The number of methoxy groups -OCH3 is 1. The van der Waals surface area contributed by atoms with Crippen molar-refractivity contribution in [3.63, 3.8) is 0 Å². The standard InChI is InChI=1S/C20H30N4O2.HI/c1-3-21-19(24-14-11-20(15-24)9-4-10-20)23-13-12-22-18(25)16-5-7-17(26-2)8-6-16;/h5-8H,3-4,9-15H2,1-2H3,(H,21,23)(H,22,25);1H. The van der Waals surface area contributed by atoms with Crippen LogP contribution in [0, 0.1) is 5.41 Å². The molecule has 0 radical (unpaired) electrons. The van der Waals surface area contributed by atoms with E-state index in [4.69, 9.17) is 9.73 Å². The first-order valence-electron chi connectivity index (χ1n) is 9.61. The van der Waals surface area contributed by atoms with Gasteiger partial charge in [0.15, 0.2) is 5.96 Å². The number of guanidine groups is 1. The quantitative estimate of drug-likeness (QED) is 0.281. The van der Waals surface area contributed by atoms with E-state index in [-0.39, 0.29) is 29.9 Å². The molecule has 0 aromatic heterocycles. The number of rotatable bonds is 6. The second-order valence-corrected chi connectivity index (χ2v) is 7.25. The van der Waals surface area contributed by atoms with E-state index in [9.17, 15) is 4.79 Å². The fraction of sp³-hybridized carbons (Fsp3) is 0.600. The van der Waals surface area contributed by atoms with Gasteiger partial charge in [0.1, 0.15) is 5.75 Å². The highest BCUT2D eigenvalue weighted by atomic mass is 127. The topological polar surface area (TPSA) is 66.0 Å². The maximum atomic E-state index is 12.2. The van der Waals surface area contributed by atoms with Crippen molar-refractivity contribution >= 4 is 35.8 Å². The van der Waals surface area contributed by atoms with Gasteiger partial charge in [0, 0.05) is 31.7 Å². The van der Waals surface area contributed by atoms with E-state index in [2.05, 4.69) is 22.5 Å². The third-order valence-electron chi connectivity index (χ3n) is 5.50. The van der Waals surface area contributed by atoms with E-state index in [0.717, 1.165) is 31.3 Å². The number of carbonyl (C=O) groups is 1. The Labute approximate surface area is 179 Å². The molecule has 1 saturated heterocycles. The van der Waals surface area contributed by atoms with Gasteiger partial charge < -0.3 is 20.3 Å². The Bertz CT molecular complexity index is 644. The molecule has 3 rings (SSSR count). The first-order chi connectivity index (χ1) is 12.7. The van der Waals surface area contributed by atoms with E-state index in [1.54, 1.807) is 31.4 Å². The first-order valence-corrected chi connectivity index (χ1v) is 9.61. The van der Waals surface area contributed by atoms with Crippen molar-refractivity contribution in [3.8, 4) is 5.75 Å². The fourth-order valence-electron chi connectivity index (χ4n) is 3.80. The molecule has 2 N–H and O–H groups in total. The van der Waals surface area contributed by atoms with Crippen molar-refractivity contribution in [2.75, 3.05) is 39.8 Å². The van der Waals surface area contributed by atoms with Crippen LogP contribution in [0.5, 0.6) is 5.75 Å². The lowest BCUT2D eigenvalue weighted by molar-refractivity contribution is 0.0954. The number of ether oxygens (including phenoxy) is 1. The summed E-state index contributed by atoms with van der Waals surface area (Å²) in [6.45, 7) is 6.27. The SMILES string of the molecule is CCNC(=NCCNC(=O)c1ccc(OC)cc1)N1CCC2(CCC2)C1.I. The zero-order valence-corrected chi connectivity index (χ0v) is 18.6. The molecule has 1 spiro atoms. The number of nitrogens with zero attached hydrogens (tertiary/aromatic N) is 2. The van der Waals surface area contributed by atoms with Gasteiger partial charge in [-0.25, -0.2) is 0 Å². The Morgan fingerprint density at radius 3 is 2.52 bits per heavy atom. The van der Waals surface area contributed by atoms with E-state index in [0.29, 0.717) is 24.1 Å². The van der Waals surface area contributed by atoms with Crippen molar-refractivity contribution < 1.29 is 9.53 Å². The molecule has 0 bridgehead atoms. The smallest absolute Gasteiger partial charge is 0.251 e. The molecular formula is C20H31IN4O2. The predicted molar refractivity (Wildman–Crippen MR) is 119 cm³/mol. The highest BCUT2D eigenvalue weighted by molar-refractivity contribution is 14.0. The van der Waals surface area contributed by atoms with Crippen molar-refractivity contribution in [2.45, 2.75) is 32.6 Å². The minimum absolute atomic E-state index is 0. The lowest BCUT2D eigenvalue weighted by Crippen LogP contribution is -2.43. The van der Waals surface area contributed by atoms with Gasteiger partial charge in [-0.05, 0) is 55.9 Å². The van der Waals surface area contributed by atoms with Gasteiger partial charge in [0.05, 0.1) is 13.7 Å². The summed E-state index contributed by atoms with van der Waals surface area (Å²) in [5.74, 6) is 1.65. The normalized spacial score (nSPS) is 17.9. The third-order valence-corrected chi connectivity index (χ3v) is 5.50. The number of aliphatic imine (C=N–C) groups is 1. The van der Waals surface area contributed by atoms with Gasteiger partial charge in [-0.2, -0.15) is 0 Å². The zero-order valence-electron chi connectivity index (χ0n) is 16.3. The van der Waals surface area contributed by atoms with Crippen molar-refractivity contribution in [1.82, 2.24) is 15.5 Å². The molecule has 7 heteroatoms. The molecule has 0 atom stereocenters. The summed E-state index contributed by atoms with van der Waals surface area (Å²) in [5, 5.41) is 6.32. The Balaban J connectivity index is 0.00000261. The molecule has 2 fully saturated rings. The summed E-state index contributed by atoms with van der Waals surface area (Å²) in [5.41, 5.74) is 1.19. The average molecular weight is 486 g/mol. The summed E-state index contributed by atoms with van der Waals surface area (Å²) in [4.78, 5) is 19.3. The van der Waals surface area contributed by atoms with Crippen LogP contribution in [0.2, 0.25) is 0 Å². The molecule has 1 aliphatic heterocycles. The van der Waals surface area contributed by atoms with E-state index in [1.807, 2.05) is 0 Å². The van der Waals surface area contributed by atoms with Crippen LogP contribution in [0.1, 0.15) is 43.0 Å². The number of amides is 1. The Kier molecular flexibility index (Phi) is 8.19. The second kappa shape index (κ2) is 10.1. The van der Waals surface area contributed by atoms with Crippen molar-refractivity contribution in [1.29, 1.82) is 0 Å². The maximum absolute atomic E-state index is 12.2. The lowest BCUT2D eigenvalue weighted by Gasteiger charge is -2.38. The summed E-state index contributed by atoms with van der Waals surface area (Å²) >= 11 is 0. The largest absolute Gasteiger partial charge is 0.497 e. The van der Waals surface area contributed by atoms with Crippen LogP contribution in [0.15, 0.2) is 29.3 Å². The molecule has 0 unspecified atom stereocenters. The maximum Gasteiger partial charge on any atom is 0.251 e. The van der Waals surface area contributed by atoms with Crippen LogP contribution in [-0.2, 0) is 0 Å². The molecule has 1 amide bonds. The molecule has 27 heavy (non-hydrogen) atoms. The van der Waals surface area contributed by atoms with Gasteiger partial charge in [0.2, 0.25) is 0 Å². The molecular weight excluding hydrogens is 455 g/mol. The van der Waals surface area contributed by atoms with Gasteiger partial charge in [-0.15, -0.1) is 24.0 Å². The molecule has 150 valence electrons. The number of hydrogen-bond acceptors (Lipinski definition) is 3. The van der Waals surface area contributed by atoms with Gasteiger partial charge >= 0.3 is 0 Å². The van der Waals surface area contributed by atoms with Crippen molar-refractivity contribution in [3.05, 3.63) is 29.8 Å². The van der Waals surface area contributed by atoms with Crippen LogP contribution in [0.3, 0.4) is 0 Å². The van der Waals surface area contributed by atoms with Gasteiger partial charge in [-0.1, -0.05) is 6.42 Å². The number of carbonyl (C=O) groups excluding carboxylic acids is 1.